The molecule has 2 N–H and O–H groups in total. The van der Waals surface area contributed by atoms with Gasteiger partial charge in [-0.1, -0.05) is 72.8 Å². The van der Waals surface area contributed by atoms with Gasteiger partial charge >= 0.3 is 6.03 Å². The topological polar surface area (TPSA) is 78.5 Å². The molecule has 166 valence electrons. The van der Waals surface area contributed by atoms with Gasteiger partial charge in [-0.25, -0.2) is 4.79 Å². The average molecular weight is 440 g/mol. The molecule has 6 heteroatoms. The van der Waals surface area contributed by atoms with Crippen LogP contribution in [0, 0.1) is 0 Å². The van der Waals surface area contributed by atoms with Crippen LogP contribution in [0.15, 0.2) is 78.9 Å². The van der Waals surface area contributed by atoms with Gasteiger partial charge in [0.15, 0.2) is 0 Å². The van der Waals surface area contributed by atoms with E-state index in [1.807, 2.05) is 78.9 Å². The molecular weight excluding hydrogens is 414 g/mol. The van der Waals surface area contributed by atoms with Crippen LogP contribution in [0.3, 0.4) is 0 Å². The summed E-state index contributed by atoms with van der Waals surface area (Å²) in [4.78, 5) is 40.4. The molecule has 1 fully saturated rings. The molecule has 1 spiro atoms. The third-order valence-corrected chi connectivity index (χ3v) is 6.49. The van der Waals surface area contributed by atoms with Gasteiger partial charge in [0, 0.05) is 11.3 Å². The molecule has 0 unspecified atom stereocenters. The first-order valence-corrected chi connectivity index (χ1v) is 11.3. The van der Waals surface area contributed by atoms with Crippen molar-refractivity contribution < 1.29 is 14.4 Å². The Labute approximate surface area is 192 Å². The lowest BCUT2D eigenvalue weighted by Crippen LogP contribution is -2.44. The van der Waals surface area contributed by atoms with E-state index in [0.717, 1.165) is 46.4 Å². The Morgan fingerprint density at radius 3 is 2.48 bits per heavy atom. The maximum absolute atomic E-state index is 13.5. The van der Waals surface area contributed by atoms with Crippen molar-refractivity contribution in [3.8, 4) is 11.1 Å². The molecule has 1 saturated heterocycles. The highest BCUT2D eigenvalue weighted by Crippen LogP contribution is 2.39. The number of hydrogen-bond acceptors (Lipinski definition) is 3. The number of anilines is 1. The number of carbonyl (C=O) groups is 3. The summed E-state index contributed by atoms with van der Waals surface area (Å²) in [6.07, 6.45) is 3.19. The Kier molecular flexibility index (Phi) is 5.42. The van der Waals surface area contributed by atoms with Crippen LogP contribution in [-0.4, -0.2) is 29.3 Å². The Morgan fingerprint density at radius 2 is 1.64 bits per heavy atom. The van der Waals surface area contributed by atoms with E-state index in [9.17, 15) is 14.4 Å². The van der Waals surface area contributed by atoms with Gasteiger partial charge < -0.3 is 10.6 Å². The fraction of sp³-hybridized carbons (Fsp3) is 0.222. The minimum Gasteiger partial charge on any atom is -0.324 e. The van der Waals surface area contributed by atoms with Crippen LogP contribution in [0.5, 0.6) is 0 Å². The molecule has 0 bridgehead atoms. The first-order valence-electron chi connectivity index (χ1n) is 11.3. The zero-order valence-corrected chi connectivity index (χ0v) is 18.2. The largest absolute Gasteiger partial charge is 0.325 e. The summed E-state index contributed by atoms with van der Waals surface area (Å²) >= 11 is 0. The lowest BCUT2D eigenvalue weighted by Gasteiger charge is -2.27. The fourth-order valence-corrected chi connectivity index (χ4v) is 4.91. The summed E-state index contributed by atoms with van der Waals surface area (Å²) in [5.74, 6) is -0.769. The number of hydrogen-bond donors (Lipinski definition) is 2. The molecule has 2 aliphatic rings. The molecule has 3 aromatic carbocycles. The van der Waals surface area contributed by atoms with Crippen LogP contribution in [0.4, 0.5) is 10.5 Å². The number of carbonyl (C=O) groups excluding carboxylic acids is 3. The number of amides is 4. The normalized spacial score (nSPS) is 19.7. The lowest BCUT2D eigenvalue weighted by molar-refractivity contribution is -0.134. The molecule has 0 aromatic heterocycles. The Hall–Kier alpha value is -3.93. The number of imide groups is 1. The number of para-hydroxylation sites is 1. The molecule has 1 aliphatic carbocycles. The van der Waals surface area contributed by atoms with Crippen LogP contribution < -0.4 is 10.6 Å². The second-order valence-electron chi connectivity index (χ2n) is 8.55. The van der Waals surface area contributed by atoms with Crippen LogP contribution >= 0.6 is 0 Å². The van der Waals surface area contributed by atoms with Gasteiger partial charge in [-0.15, -0.1) is 0 Å². The van der Waals surface area contributed by atoms with E-state index in [1.54, 1.807) is 0 Å². The first-order chi connectivity index (χ1) is 16.1. The Balaban J connectivity index is 1.38. The van der Waals surface area contributed by atoms with Crippen molar-refractivity contribution in [2.45, 2.75) is 31.2 Å². The summed E-state index contributed by atoms with van der Waals surface area (Å²) in [6.45, 7) is -0.336. The SMILES string of the molecule is O=C(CN1C(=O)N[C@]2(CCCCc3ccccc32)C1=O)Nc1ccccc1-c1ccccc1. The van der Waals surface area contributed by atoms with Gasteiger partial charge in [-0.05, 0) is 48.4 Å². The zero-order chi connectivity index (χ0) is 22.8. The monoisotopic (exact) mass is 439 g/mol. The van der Waals surface area contributed by atoms with Gasteiger partial charge in [-0.3, -0.25) is 14.5 Å². The second kappa shape index (κ2) is 8.54. The third kappa shape index (κ3) is 3.78. The fourth-order valence-electron chi connectivity index (χ4n) is 4.91. The van der Waals surface area contributed by atoms with E-state index in [4.69, 9.17) is 0 Å². The van der Waals surface area contributed by atoms with Crippen molar-refractivity contribution in [3.63, 3.8) is 0 Å². The average Bonchev–Trinajstić information content (AvgIpc) is 2.97. The predicted molar refractivity (Wildman–Crippen MR) is 126 cm³/mol. The van der Waals surface area contributed by atoms with Crippen LogP contribution in [-0.2, 0) is 21.5 Å². The van der Waals surface area contributed by atoms with Crippen LogP contribution in [0.2, 0.25) is 0 Å². The zero-order valence-electron chi connectivity index (χ0n) is 18.2. The van der Waals surface area contributed by atoms with Gasteiger partial charge in [0.25, 0.3) is 5.91 Å². The van der Waals surface area contributed by atoms with Crippen molar-refractivity contribution in [1.29, 1.82) is 0 Å². The minimum atomic E-state index is -1.09. The second-order valence-corrected chi connectivity index (χ2v) is 8.55. The number of nitrogens with zero attached hydrogens (tertiary/aromatic N) is 1. The molecule has 33 heavy (non-hydrogen) atoms. The molecule has 3 aromatic rings. The number of aryl methyl sites for hydroxylation is 1. The molecule has 1 aliphatic heterocycles. The quantitative estimate of drug-likeness (QED) is 0.589. The van der Waals surface area contributed by atoms with Gasteiger partial charge in [-0.2, -0.15) is 0 Å². The summed E-state index contributed by atoms with van der Waals surface area (Å²) < 4.78 is 0. The van der Waals surface area contributed by atoms with Gasteiger partial charge in [0.1, 0.15) is 12.1 Å². The summed E-state index contributed by atoms with van der Waals surface area (Å²) in [6, 6.07) is 24.5. The summed E-state index contributed by atoms with van der Waals surface area (Å²) in [5, 5.41) is 5.82. The molecule has 1 atom stereocenters. The highest BCUT2D eigenvalue weighted by atomic mass is 16.2. The van der Waals surface area contributed by atoms with E-state index in [-0.39, 0.29) is 12.5 Å². The van der Waals surface area contributed by atoms with Crippen LogP contribution in [0.25, 0.3) is 11.1 Å². The standard InChI is InChI=1S/C27H25N3O3/c31-24(28-23-16-7-5-14-21(23)19-10-2-1-3-11-19)18-30-25(32)27(29-26(30)33)17-9-8-13-20-12-4-6-15-22(20)27/h1-7,10-12,14-16H,8-9,13,17-18H2,(H,28,31)(H,29,33)/t27-/m0/s1. The molecule has 1 heterocycles. The van der Waals surface area contributed by atoms with Crippen molar-refractivity contribution in [3.05, 3.63) is 90.0 Å². The van der Waals surface area contributed by atoms with Crippen molar-refractivity contribution >= 4 is 23.5 Å². The highest BCUT2D eigenvalue weighted by molar-refractivity contribution is 6.11. The smallest absolute Gasteiger partial charge is 0.324 e. The molecule has 0 radical (unpaired) electrons. The van der Waals surface area contributed by atoms with E-state index >= 15 is 0 Å². The highest BCUT2D eigenvalue weighted by Gasteiger charge is 2.53. The number of urea groups is 1. The van der Waals surface area contributed by atoms with E-state index in [0.29, 0.717) is 12.1 Å². The third-order valence-electron chi connectivity index (χ3n) is 6.49. The maximum atomic E-state index is 13.5. The predicted octanol–water partition coefficient (Wildman–Crippen LogP) is 4.47. The van der Waals surface area contributed by atoms with E-state index < -0.39 is 17.5 Å². The van der Waals surface area contributed by atoms with Crippen LogP contribution in [0.1, 0.15) is 30.4 Å². The van der Waals surface area contributed by atoms with E-state index in [1.165, 1.54) is 0 Å². The minimum absolute atomic E-state index is 0.336. The molecule has 6 nitrogen and oxygen atoms in total. The number of fused-ring (bicyclic) bond motifs is 2. The van der Waals surface area contributed by atoms with Gasteiger partial charge in [0.2, 0.25) is 5.91 Å². The Morgan fingerprint density at radius 1 is 0.909 bits per heavy atom. The molecule has 0 saturated carbocycles. The first kappa shape index (κ1) is 20.9. The molecular formula is C27H25N3O3. The maximum Gasteiger partial charge on any atom is 0.325 e. The Bertz CT molecular complexity index is 1220. The number of rotatable bonds is 4. The number of benzene rings is 3. The van der Waals surface area contributed by atoms with Crippen molar-refractivity contribution in [2.75, 3.05) is 11.9 Å². The van der Waals surface area contributed by atoms with Crippen molar-refractivity contribution in [1.82, 2.24) is 10.2 Å². The van der Waals surface area contributed by atoms with Crippen molar-refractivity contribution in [2.24, 2.45) is 0 Å². The number of nitrogens with one attached hydrogen (secondary N) is 2. The molecule has 4 amide bonds. The van der Waals surface area contributed by atoms with Gasteiger partial charge in [0.05, 0.1) is 0 Å². The molecule has 5 rings (SSSR count). The van der Waals surface area contributed by atoms with E-state index in [2.05, 4.69) is 10.6 Å². The summed E-state index contributed by atoms with van der Waals surface area (Å²) in [5.41, 5.74) is 3.31. The summed E-state index contributed by atoms with van der Waals surface area (Å²) in [7, 11) is 0. The lowest BCUT2D eigenvalue weighted by atomic mass is 9.84.